The Bertz CT molecular complexity index is 571. The van der Waals surface area contributed by atoms with Crippen molar-refractivity contribution in [1.82, 2.24) is 4.98 Å². The quantitative estimate of drug-likeness (QED) is 0.901. The summed E-state index contributed by atoms with van der Waals surface area (Å²) in [5.74, 6) is -0.543. The molecular weight excluding hydrogens is 265 g/mol. The van der Waals surface area contributed by atoms with Crippen LogP contribution >= 0.6 is 11.3 Å². The van der Waals surface area contributed by atoms with Crippen molar-refractivity contribution in [2.24, 2.45) is 0 Å². The molecule has 0 aliphatic heterocycles. The van der Waals surface area contributed by atoms with Crippen LogP contribution in [0.3, 0.4) is 0 Å². The van der Waals surface area contributed by atoms with Gasteiger partial charge < -0.3 is 10.6 Å². The zero-order valence-electron chi connectivity index (χ0n) is 10.6. The topological polar surface area (TPSA) is 54.0 Å². The second kappa shape index (κ2) is 5.79. The highest BCUT2D eigenvalue weighted by atomic mass is 32.1. The van der Waals surface area contributed by atoms with E-state index in [-0.39, 0.29) is 17.8 Å². The molecule has 1 atom stereocenters. The molecule has 1 amide bonds. The number of amides is 1. The number of carbonyl (C=O) groups is 1. The number of thiazole rings is 1. The summed E-state index contributed by atoms with van der Waals surface area (Å²) in [6.07, 6.45) is 1.75. The zero-order chi connectivity index (χ0) is 13.8. The molecule has 1 heterocycles. The van der Waals surface area contributed by atoms with Crippen molar-refractivity contribution < 1.29 is 9.18 Å². The van der Waals surface area contributed by atoms with Gasteiger partial charge in [0.15, 0.2) is 0 Å². The van der Waals surface area contributed by atoms with Crippen molar-refractivity contribution in [2.45, 2.75) is 19.9 Å². The summed E-state index contributed by atoms with van der Waals surface area (Å²) in [4.78, 5) is 16.0. The number of nitrogens with zero attached hydrogens (tertiary/aromatic N) is 1. The summed E-state index contributed by atoms with van der Waals surface area (Å²) < 4.78 is 13.7. The third-order valence-electron chi connectivity index (χ3n) is 2.54. The van der Waals surface area contributed by atoms with Gasteiger partial charge in [-0.2, -0.15) is 0 Å². The molecule has 4 nitrogen and oxygen atoms in total. The molecule has 0 fully saturated rings. The first-order valence-electron chi connectivity index (χ1n) is 5.78. The van der Waals surface area contributed by atoms with Crippen molar-refractivity contribution in [3.8, 4) is 0 Å². The van der Waals surface area contributed by atoms with Crippen LogP contribution in [-0.4, -0.2) is 10.9 Å². The van der Waals surface area contributed by atoms with E-state index in [0.29, 0.717) is 11.4 Å². The Hall–Kier alpha value is -1.95. The lowest BCUT2D eigenvalue weighted by molar-refractivity contribution is -0.114. The van der Waals surface area contributed by atoms with E-state index in [2.05, 4.69) is 15.6 Å². The summed E-state index contributed by atoms with van der Waals surface area (Å²) in [5.41, 5.74) is 2.65. The molecule has 0 aliphatic rings. The van der Waals surface area contributed by atoms with Crippen LogP contribution < -0.4 is 10.6 Å². The van der Waals surface area contributed by atoms with Crippen molar-refractivity contribution in [3.63, 3.8) is 0 Å². The largest absolute Gasteiger partial charge is 0.375 e. The molecule has 100 valence electrons. The molecule has 6 heteroatoms. The molecule has 1 aromatic heterocycles. The minimum atomic E-state index is -0.356. The number of halogens is 1. The lowest BCUT2D eigenvalue weighted by atomic mass is 10.2. The summed E-state index contributed by atoms with van der Waals surface area (Å²) in [6.45, 7) is 3.34. The fourth-order valence-corrected chi connectivity index (χ4v) is 2.29. The van der Waals surface area contributed by atoms with Gasteiger partial charge in [0.1, 0.15) is 5.82 Å². The lowest BCUT2D eigenvalue weighted by Gasteiger charge is -2.15. The minimum absolute atomic E-state index is 0.0467. The number of hydrogen-bond acceptors (Lipinski definition) is 4. The molecule has 0 aliphatic carbocycles. The van der Waals surface area contributed by atoms with Crippen LogP contribution in [0.1, 0.15) is 24.8 Å². The van der Waals surface area contributed by atoms with Crippen LogP contribution in [0.5, 0.6) is 0 Å². The highest BCUT2D eigenvalue weighted by Crippen LogP contribution is 2.26. The first-order valence-corrected chi connectivity index (χ1v) is 6.66. The van der Waals surface area contributed by atoms with Gasteiger partial charge in [-0.15, -0.1) is 11.3 Å². The van der Waals surface area contributed by atoms with Crippen LogP contribution in [0.2, 0.25) is 0 Å². The third kappa shape index (κ3) is 3.51. The Balaban J connectivity index is 2.17. The first kappa shape index (κ1) is 13.5. The fourth-order valence-electron chi connectivity index (χ4n) is 1.66. The first-order chi connectivity index (χ1) is 9.06. The molecule has 1 unspecified atom stereocenters. The Kier molecular flexibility index (Phi) is 4.11. The van der Waals surface area contributed by atoms with Crippen LogP contribution in [0, 0.1) is 5.82 Å². The monoisotopic (exact) mass is 279 g/mol. The molecule has 1 aromatic carbocycles. The lowest BCUT2D eigenvalue weighted by Crippen LogP contribution is -2.09. The summed E-state index contributed by atoms with van der Waals surface area (Å²) in [7, 11) is 0. The van der Waals surface area contributed by atoms with E-state index in [1.54, 1.807) is 17.8 Å². The Morgan fingerprint density at radius 2 is 2.26 bits per heavy atom. The second-order valence-electron chi connectivity index (χ2n) is 4.15. The molecule has 0 saturated carbocycles. The number of nitrogens with one attached hydrogen (secondary N) is 2. The summed E-state index contributed by atoms with van der Waals surface area (Å²) >= 11 is 1.51. The second-order valence-corrected chi connectivity index (χ2v) is 5.06. The van der Waals surface area contributed by atoms with Gasteiger partial charge in [0.05, 0.1) is 17.2 Å². The smallest absolute Gasteiger partial charge is 0.221 e. The summed E-state index contributed by atoms with van der Waals surface area (Å²) in [5, 5.41) is 5.70. The van der Waals surface area contributed by atoms with E-state index < -0.39 is 0 Å². The third-order valence-corrected chi connectivity index (χ3v) is 3.50. The number of benzene rings is 1. The molecular formula is C13H14FN3OS. The molecule has 0 saturated heterocycles. The Morgan fingerprint density at radius 3 is 2.89 bits per heavy atom. The molecule has 0 spiro atoms. The normalized spacial score (nSPS) is 11.9. The van der Waals surface area contributed by atoms with Crippen LogP contribution in [-0.2, 0) is 4.79 Å². The number of aromatic nitrogens is 1. The van der Waals surface area contributed by atoms with Crippen molar-refractivity contribution >= 4 is 28.6 Å². The molecule has 19 heavy (non-hydrogen) atoms. The van der Waals surface area contributed by atoms with Crippen LogP contribution in [0.4, 0.5) is 15.8 Å². The fraction of sp³-hybridized carbons (Fsp3) is 0.231. The van der Waals surface area contributed by atoms with Crippen LogP contribution in [0.25, 0.3) is 0 Å². The number of rotatable bonds is 4. The predicted molar refractivity (Wildman–Crippen MR) is 74.9 cm³/mol. The van der Waals surface area contributed by atoms with E-state index in [4.69, 9.17) is 0 Å². The number of carbonyl (C=O) groups excluding carboxylic acids is 1. The average molecular weight is 279 g/mol. The van der Waals surface area contributed by atoms with Gasteiger partial charge in [0, 0.05) is 23.7 Å². The van der Waals surface area contributed by atoms with E-state index >= 15 is 0 Å². The highest BCUT2D eigenvalue weighted by molar-refractivity contribution is 7.09. The van der Waals surface area contributed by atoms with Gasteiger partial charge in [0.2, 0.25) is 5.91 Å². The van der Waals surface area contributed by atoms with Gasteiger partial charge in [-0.1, -0.05) is 0 Å². The molecule has 0 radical (unpaired) electrons. The van der Waals surface area contributed by atoms with E-state index in [0.717, 1.165) is 4.88 Å². The maximum atomic E-state index is 13.7. The van der Waals surface area contributed by atoms with Gasteiger partial charge in [-0.3, -0.25) is 9.78 Å². The molecule has 0 bridgehead atoms. The highest BCUT2D eigenvalue weighted by Gasteiger charge is 2.10. The zero-order valence-corrected chi connectivity index (χ0v) is 11.4. The van der Waals surface area contributed by atoms with Gasteiger partial charge in [-0.25, -0.2) is 4.39 Å². The SMILES string of the molecule is CC(=O)Nc1ccc(F)c(NC(C)c2cncs2)c1. The van der Waals surface area contributed by atoms with E-state index in [1.807, 2.05) is 6.92 Å². The van der Waals surface area contributed by atoms with E-state index in [1.165, 1.54) is 30.4 Å². The van der Waals surface area contributed by atoms with Gasteiger partial charge >= 0.3 is 0 Å². The molecule has 2 N–H and O–H groups in total. The maximum absolute atomic E-state index is 13.7. The van der Waals surface area contributed by atoms with Crippen LogP contribution in [0.15, 0.2) is 29.9 Å². The summed E-state index contributed by atoms with van der Waals surface area (Å²) in [6, 6.07) is 4.38. The Morgan fingerprint density at radius 1 is 1.47 bits per heavy atom. The van der Waals surface area contributed by atoms with E-state index in [9.17, 15) is 9.18 Å². The average Bonchev–Trinajstić information content (AvgIpc) is 2.86. The maximum Gasteiger partial charge on any atom is 0.221 e. The van der Waals surface area contributed by atoms with Crippen molar-refractivity contribution in [3.05, 3.63) is 40.6 Å². The standard InChI is InChI=1S/C13H14FN3OS/c1-8(13-6-15-7-19-13)16-12-5-10(17-9(2)18)3-4-11(12)14/h3-8,16H,1-2H3,(H,17,18). The number of hydrogen-bond donors (Lipinski definition) is 2. The van der Waals surface area contributed by atoms with Crippen molar-refractivity contribution in [1.29, 1.82) is 0 Å². The number of anilines is 2. The van der Waals surface area contributed by atoms with Crippen molar-refractivity contribution in [2.75, 3.05) is 10.6 Å². The predicted octanol–water partition coefficient (Wildman–Crippen LogP) is 3.41. The van der Waals surface area contributed by atoms with Gasteiger partial charge in [0.25, 0.3) is 0 Å². The Labute approximate surface area is 114 Å². The molecule has 2 rings (SSSR count). The minimum Gasteiger partial charge on any atom is -0.375 e. The van der Waals surface area contributed by atoms with Gasteiger partial charge in [-0.05, 0) is 25.1 Å². The molecule has 2 aromatic rings.